The molecular formula is C43H44F2N10O4. The summed E-state index contributed by atoms with van der Waals surface area (Å²) in [4.78, 5) is 58.1. The molecule has 5 aliphatic rings. The number of nitrogens with zero attached hydrogens (tertiary/aromatic N) is 9. The lowest BCUT2D eigenvalue weighted by molar-refractivity contribution is -0.137. The number of nitrogens with one attached hydrogen (secondary N) is 1. The summed E-state index contributed by atoms with van der Waals surface area (Å²) in [6.07, 6.45) is 5.05. The molecule has 4 amide bonds. The van der Waals surface area contributed by atoms with Gasteiger partial charge >= 0.3 is 0 Å². The van der Waals surface area contributed by atoms with Crippen LogP contribution in [-0.4, -0.2) is 90.2 Å². The van der Waals surface area contributed by atoms with Gasteiger partial charge in [-0.3, -0.25) is 29.2 Å². The van der Waals surface area contributed by atoms with Gasteiger partial charge in [-0.05, 0) is 85.2 Å². The Balaban J connectivity index is 0.936. The van der Waals surface area contributed by atoms with Crippen LogP contribution in [0.3, 0.4) is 0 Å². The van der Waals surface area contributed by atoms with Gasteiger partial charge in [0, 0.05) is 105 Å². The second-order valence-electron chi connectivity index (χ2n) is 16.4. The Morgan fingerprint density at radius 1 is 0.898 bits per heavy atom. The number of carbonyl (C=O) groups excluding carboxylic acids is 4. The number of piperidine rings is 2. The van der Waals surface area contributed by atoms with E-state index in [1.807, 2.05) is 53.0 Å². The molecule has 304 valence electrons. The van der Waals surface area contributed by atoms with E-state index < -0.39 is 18.4 Å². The SMILES string of the molecule is CC(=O)N1CCc2c(c(N3CCCc4cc(-c5cn(C)c6ccnnc56)c(C(F)F)cc43)nn2C2CCN(c3ccc4c(c3)CN(C3CCC(=O)NC3=O)C4=O)CC2)C1. The average molecular weight is 803 g/mol. The number of amides is 4. The second kappa shape index (κ2) is 14.3. The lowest BCUT2D eigenvalue weighted by atomic mass is 9.92. The Labute approximate surface area is 338 Å². The summed E-state index contributed by atoms with van der Waals surface area (Å²) in [6, 6.07) is 10.6. The molecule has 10 rings (SSSR count). The van der Waals surface area contributed by atoms with E-state index in [4.69, 9.17) is 5.10 Å². The summed E-state index contributed by atoms with van der Waals surface area (Å²) in [5.41, 5.74) is 8.61. The van der Waals surface area contributed by atoms with Crippen molar-refractivity contribution < 1.29 is 28.0 Å². The molecular weight excluding hydrogens is 759 g/mol. The number of alkyl halides is 2. The van der Waals surface area contributed by atoms with E-state index in [1.165, 1.54) is 0 Å². The van der Waals surface area contributed by atoms with Gasteiger partial charge in [0.15, 0.2) is 5.82 Å². The van der Waals surface area contributed by atoms with Crippen LogP contribution in [0.25, 0.3) is 22.2 Å². The molecule has 0 saturated carbocycles. The minimum Gasteiger partial charge on any atom is -0.371 e. The van der Waals surface area contributed by atoms with Gasteiger partial charge in [-0.1, -0.05) is 0 Å². The second-order valence-corrected chi connectivity index (χ2v) is 16.4. The van der Waals surface area contributed by atoms with Gasteiger partial charge in [0.2, 0.25) is 17.7 Å². The summed E-state index contributed by atoms with van der Waals surface area (Å²) in [6.45, 7) is 5.01. The van der Waals surface area contributed by atoms with Crippen molar-refractivity contribution in [1.82, 2.24) is 39.7 Å². The lowest BCUT2D eigenvalue weighted by Crippen LogP contribution is -2.52. The summed E-state index contributed by atoms with van der Waals surface area (Å²) in [5.74, 6) is -0.215. The molecule has 1 atom stereocenters. The predicted molar refractivity (Wildman–Crippen MR) is 214 cm³/mol. The molecule has 2 saturated heterocycles. The van der Waals surface area contributed by atoms with Gasteiger partial charge in [-0.25, -0.2) is 8.78 Å². The predicted octanol–water partition coefficient (Wildman–Crippen LogP) is 5.36. The van der Waals surface area contributed by atoms with Crippen molar-refractivity contribution in [3.05, 3.63) is 82.3 Å². The van der Waals surface area contributed by atoms with Crippen LogP contribution in [0.1, 0.15) is 89.8 Å². The fourth-order valence-electron chi connectivity index (χ4n) is 9.95. The monoisotopic (exact) mass is 802 g/mol. The fraction of sp³-hybridized carbons (Fsp3) is 0.419. The van der Waals surface area contributed by atoms with E-state index in [0.29, 0.717) is 61.2 Å². The van der Waals surface area contributed by atoms with Crippen molar-refractivity contribution in [3.8, 4) is 11.1 Å². The molecule has 14 nitrogen and oxygen atoms in total. The molecule has 2 fully saturated rings. The number of halogens is 2. The standard InChI is InChI=1S/C43H44F2N10O4/c1-24(56)52-17-12-34-33(23-52)41(53-14-3-4-25-19-30(31(40(44)45)20-37(25)53)32-22-50(2)35-9-13-46-48-39(32)35)49-55(34)27-10-15-51(16-11-27)28-5-6-29-26(18-28)21-54(43(29)59)36-7-8-38(57)47-42(36)58/h5-6,9,13,18-20,22,27,36,40H,3-4,7-8,10-12,14-17,21,23H2,1-2H3,(H,47,57,58). The Kier molecular flexibility index (Phi) is 8.98. The van der Waals surface area contributed by atoms with Crippen molar-refractivity contribution in [2.75, 3.05) is 36.0 Å². The molecule has 0 spiro atoms. The van der Waals surface area contributed by atoms with Crippen molar-refractivity contribution in [1.29, 1.82) is 0 Å². The number of imide groups is 1. The normalized spacial score (nSPS) is 19.7. The zero-order chi connectivity index (χ0) is 40.7. The van der Waals surface area contributed by atoms with Crippen LogP contribution in [0.4, 0.5) is 26.0 Å². The number of aromatic nitrogens is 5. The molecule has 0 aliphatic carbocycles. The van der Waals surface area contributed by atoms with Crippen molar-refractivity contribution >= 4 is 51.9 Å². The van der Waals surface area contributed by atoms with Crippen LogP contribution >= 0.6 is 0 Å². The Bertz CT molecular complexity index is 2580. The number of rotatable bonds is 6. The Morgan fingerprint density at radius 2 is 1.73 bits per heavy atom. The summed E-state index contributed by atoms with van der Waals surface area (Å²) in [5, 5.41) is 16.1. The number of anilines is 3. The van der Waals surface area contributed by atoms with Gasteiger partial charge in [0.05, 0.1) is 24.3 Å². The zero-order valence-electron chi connectivity index (χ0n) is 33.0. The van der Waals surface area contributed by atoms with Crippen LogP contribution in [0.5, 0.6) is 0 Å². The molecule has 1 N–H and O–H groups in total. The maximum atomic E-state index is 15.1. The zero-order valence-corrected chi connectivity index (χ0v) is 33.0. The fourth-order valence-corrected chi connectivity index (χ4v) is 9.95. The highest BCUT2D eigenvalue weighted by Crippen LogP contribution is 2.45. The highest BCUT2D eigenvalue weighted by atomic mass is 19.3. The first-order valence-electron chi connectivity index (χ1n) is 20.4. The summed E-state index contributed by atoms with van der Waals surface area (Å²) < 4.78 is 34.2. The van der Waals surface area contributed by atoms with Gasteiger partial charge in [-0.15, -0.1) is 5.10 Å². The maximum Gasteiger partial charge on any atom is 0.264 e. The van der Waals surface area contributed by atoms with Crippen LogP contribution in [0, 0.1) is 0 Å². The Morgan fingerprint density at radius 3 is 2.51 bits per heavy atom. The van der Waals surface area contributed by atoms with E-state index in [-0.39, 0.29) is 35.7 Å². The van der Waals surface area contributed by atoms with Crippen LogP contribution < -0.4 is 15.1 Å². The lowest BCUT2D eigenvalue weighted by Gasteiger charge is -2.35. The van der Waals surface area contributed by atoms with E-state index in [9.17, 15) is 19.2 Å². The first kappa shape index (κ1) is 37.1. The number of hydrogen-bond acceptors (Lipinski definition) is 9. The first-order valence-corrected chi connectivity index (χ1v) is 20.4. The maximum absolute atomic E-state index is 15.1. The topological polar surface area (TPSA) is 142 Å². The Hall–Kier alpha value is -6.19. The van der Waals surface area contributed by atoms with Gasteiger partial charge in [0.1, 0.15) is 11.6 Å². The molecule has 5 aliphatic heterocycles. The summed E-state index contributed by atoms with van der Waals surface area (Å²) >= 11 is 0. The number of fused-ring (bicyclic) bond motifs is 4. The van der Waals surface area contributed by atoms with Crippen LogP contribution in [0.2, 0.25) is 0 Å². The number of carbonyl (C=O) groups is 4. The quantitative estimate of drug-likeness (QED) is 0.225. The molecule has 8 heterocycles. The highest BCUT2D eigenvalue weighted by Gasteiger charge is 2.40. The van der Waals surface area contributed by atoms with Crippen molar-refractivity contribution in [2.45, 2.75) is 83.5 Å². The minimum absolute atomic E-state index is 0.0132. The number of aryl methyl sites for hydroxylation is 2. The molecule has 3 aromatic heterocycles. The average Bonchev–Trinajstić information content (AvgIpc) is 3.90. The third kappa shape index (κ3) is 6.22. The van der Waals surface area contributed by atoms with Crippen LogP contribution in [-0.2, 0) is 47.4 Å². The summed E-state index contributed by atoms with van der Waals surface area (Å²) in [7, 11) is 1.87. The molecule has 2 aromatic carbocycles. The third-order valence-electron chi connectivity index (χ3n) is 13.0. The molecule has 0 radical (unpaired) electrons. The van der Waals surface area contributed by atoms with E-state index in [0.717, 1.165) is 83.9 Å². The van der Waals surface area contributed by atoms with Crippen LogP contribution in [0.15, 0.2) is 48.8 Å². The minimum atomic E-state index is -2.73. The van der Waals surface area contributed by atoms with E-state index in [2.05, 4.69) is 30.0 Å². The van der Waals surface area contributed by atoms with Crippen molar-refractivity contribution in [3.63, 3.8) is 0 Å². The third-order valence-corrected chi connectivity index (χ3v) is 13.0. The van der Waals surface area contributed by atoms with Crippen molar-refractivity contribution in [2.24, 2.45) is 7.05 Å². The molecule has 1 unspecified atom stereocenters. The number of benzene rings is 2. The van der Waals surface area contributed by atoms with Gasteiger partial charge < -0.3 is 24.2 Å². The first-order chi connectivity index (χ1) is 28.5. The number of hydrogen-bond donors (Lipinski definition) is 1. The largest absolute Gasteiger partial charge is 0.371 e. The van der Waals surface area contributed by atoms with Gasteiger partial charge in [0.25, 0.3) is 12.3 Å². The molecule has 16 heteroatoms. The van der Waals surface area contributed by atoms with Gasteiger partial charge in [-0.2, -0.15) is 10.2 Å². The molecule has 0 bridgehead atoms. The smallest absolute Gasteiger partial charge is 0.264 e. The molecule has 5 aromatic rings. The molecule has 59 heavy (non-hydrogen) atoms. The highest BCUT2D eigenvalue weighted by molar-refractivity contribution is 6.05. The van der Waals surface area contributed by atoms with E-state index in [1.54, 1.807) is 24.1 Å². The van der Waals surface area contributed by atoms with E-state index >= 15 is 8.78 Å².